The molecule has 156 valence electrons. The van der Waals surface area contributed by atoms with Crippen molar-refractivity contribution in [1.29, 1.82) is 0 Å². The first-order valence-electron chi connectivity index (χ1n) is 11.0. The maximum absolute atomic E-state index is 6.13. The summed E-state index contributed by atoms with van der Waals surface area (Å²) in [7, 11) is 0. The molecule has 2 aromatic rings. The summed E-state index contributed by atoms with van der Waals surface area (Å²) in [4.78, 5) is 7.24. The number of hydrogen-bond acceptors (Lipinski definition) is 4. The lowest BCUT2D eigenvalue weighted by molar-refractivity contribution is 0.129. The standard InChI is InChI=1S/C22H32N6O/c1-2-23-22(24-17-21-26-25-20-11-7-4-8-14-28(20)21)27-15-12-19(13-16-27)29-18-9-5-3-6-10-18/h3,5-6,9-10,19H,2,4,7-8,11-17H2,1H3,(H,23,24). The van der Waals surface area contributed by atoms with E-state index in [9.17, 15) is 0 Å². The van der Waals surface area contributed by atoms with Crippen LogP contribution in [0.4, 0.5) is 0 Å². The number of likely N-dealkylation sites (tertiary alicyclic amines) is 1. The highest BCUT2D eigenvalue weighted by Crippen LogP contribution is 2.19. The molecular weight excluding hydrogens is 364 g/mol. The monoisotopic (exact) mass is 396 g/mol. The Morgan fingerprint density at radius 3 is 2.72 bits per heavy atom. The van der Waals surface area contributed by atoms with E-state index in [0.717, 1.165) is 68.8 Å². The highest BCUT2D eigenvalue weighted by molar-refractivity contribution is 5.80. The number of aromatic nitrogens is 3. The van der Waals surface area contributed by atoms with Crippen molar-refractivity contribution in [3.8, 4) is 5.75 Å². The summed E-state index contributed by atoms with van der Waals surface area (Å²) in [5, 5.41) is 12.3. The predicted octanol–water partition coefficient (Wildman–Crippen LogP) is 3.01. The van der Waals surface area contributed by atoms with Gasteiger partial charge in [-0.15, -0.1) is 10.2 Å². The molecule has 1 aromatic heterocycles. The zero-order valence-corrected chi connectivity index (χ0v) is 17.4. The quantitative estimate of drug-likeness (QED) is 0.622. The molecule has 1 saturated heterocycles. The minimum Gasteiger partial charge on any atom is -0.490 e. The van der Waals surface area contributed by atoms with E-state index in [0.29, 0.717) is 6.54 Å². The Balaban J connectivity index is 1.36. The summed E-state index contributed by atoms with van der Waals surface area (Å²) in [5.74, 6) is 4.03. The van der Waals surface area contributed by atoms with E-state index in [-0.39, 0.29) is 6.10 Å². The number of guanidine groups is 1. The van der Waals surface area contributed by atoms with Gasteiger partial charge in [0, 0.05) is 45.4 Å². The van der Waals surface area contributed by atoms with Gasteiger partial charge in [0.15, 0.2) is 11.8 Å². The van der Waals surface area contributed by atoms with Crippen LogP contribution in [0.15, 0.2) is 35.3 Å². The van der Waals surface area contributed by atoms with Gasteiger partial charge in [-0.25, -0.2) is 4.99 Å². The third-order valence-corrected chi connectivity index (χ3v) is 5.68. The van der Waals surface area contributed by atoms with Crippen LogP contribution in [0.1, 0.15) is 50.7 Å². The lowest BCUT2D eigenvalue weighted by Crippen LogP contribution is -2.47. The van der Waals surface area contributed by atoms with Crippen LogP contribution in [0.5, 0.6) is 5.75 Å². The number of para-hydroxylation sites is 1. The van der Waals surface area contributed by atoms with Crippen molar-refractivity contribution in [3.05, 3.63) is 42.0 Å². The number of nitrogens with zero attached hydrogens (tertiary/aromatic N) is 5. The van der Waals surface area contributed by atoms with Crippen LogP contribution >= 0.6 is 0 Å². The molecule has 4 rings (SSSR count). The molecule has 7 heteroatoms. The second-order valence-electron chi connectivity index (χ2n) is 7.78. The molecule has 2 aliphatic heterocycles. The van der Waals surface area contributed by atoms with Crippen LogP contribution in [-0.4, -0.2) is 51.4 Å². The van der Waals surface area contributed by atoms with Gasteiger partial charge in [0.05, 0.1) is 0 Å². The van der Waals surface area contributed by atoms with E-state index in [4.69, 9.17) is 9.73 Å². The summed E-state index contributed by atoms with van der Waals surface area (Å²) in [6.07, 6.45) is 6.99. The molecule has 0 saturated carbocycles. The molecule has 1 N–H and O–H groups in total. The van der Waals surface area contributed by atoms with E-state index in [1.165, 1.54) is 19.3 Å². The molecule has 0 radical (unpaired) electrons. The van der Waals surface area contributed by atoms with Crippen LogP contribution in [0, 0.1) is 0 Å². The molecule has 0 atom stereocenters. The van der Waals surface area contributed by atoms with E-state index < -0.39 is 0 Å². The van der Waals surface area contributed by atoms with Crippen LogP contribution in [0.2, 0.25) is 0 Å². The molecule has 0 spiro atoms. The first-order valence-corrected chi connectivity index (χ1v) is 11.0. The van der Waals surface area contributed by atoms with Gasteiger partial charge >= 0.3 is 0 Å². The number of fused-ring (bicyclic) bond motifs is 1. The molecule has 1 fully saturated rings. The summed E-state index contributed by atoms with van der Waals surface area (Å²) in [5.41, 5.74) is 0. The van der Waals surface area contributed by atoms with E-state index >= 15 is 0 Å². The number of piperidine rings is 1. The van der Waals surface area contributed by atoms with E-state index in [2.05, 4.69) is 31.9 Å². The van der Waals surface area contributed by atoms with Crippen molar-refractivity contribution in [3.63, 3.8) is 0 Å². The SMILES string of the molecule is CCNC(=NCc1nnc2n1CCCCC2)N1CCC(Oc2ccccc2)CC1. The zero-order valence-electron chi connectivity index (χ0n) is 17.4. The molecule has 29 heavy (non-hydrogen) atoms. The maximum Gasteiger partial charge on any atom is 0.194 e. The number of aliphatic imine (C=N–C) groups is 1. The summed E-state index contributed by atoms with van der Waals surface area (Å²) in [6, 6.07) is 10.1. The second kappa shape index (κ2) is 9.76. The molecule has 3 heterocycles. The minimum atomic E-state index is 0.267. The molecule has 0 unspecified atom stereocenters. The summed E-state index contributed by atoms with van der Waals surface area (Å²) < 4.78 is 8.41. The largest absolute Gasteiger partial charge is 0.490 e. The van der Waals surface area contributed by atoms with Gasteiger partial charge in [-0.05, 0) is 31.9 Å². The molecule has 7 nitrogen and oxygen atoms in total. The van der Waals surface area contributed by atoms with Crippen LogP contribution in [0.25, 0.3) is 0 Å². The Morgan fingerprint density at radius 2 is 1.93 bits per heavy atom. The Morgan fingerprint density at radius 1 is 1.10 bits per heavy atom. The Bertz CT molecular complexity index is 795. The molecule has 1 aromatic carbocycles. The maximum atomic E-state index is 6.13. The highest BCUT2D eigenvalue weighted by Gasteiger charge is 2.23. The number of rotatable bonds is 5. The van der Waals surface area contributed by atoms with Crippen LogP contribution < -0.4 is 10.1 Å². The third kappa shape index (κ3) is 5.08. The van der Waals surface area contributed by atoms with Gasteiger partial charge in [0.25, 0.3) is 0 Å². The highest BCUT2D eigenvalue weighted by atomic mass is 16.5. The second-order valence-corrected chi connectivity index (χ2v) is 7.78. The number of ether oxygens (including phenoxy) is 1. The van der Waals surface area contributed by atoms with Crippen molar-refractivity contribution in [2.75, 3.05) is 19.6 Å². The van der Waals surface area contributed by atoms with Gasteiger partial charge in [-0.3, -0.25) is 0 Å². The molecule has 0 bridgehead atoms. The van der Waals surface area contributed by atoms with Crippen molar-refractivity contribution >= 4 is 5.96 Å². The topological polar surface area (TPSA) is 67.6 Å². The molecule has 0 aliphatic carbocycles. The summed E-state index contributed by atoms with van der Waals surface area (Å²) in [6.45, 7) is 6.46. The Hall–Kier alpha value is -2.57. The first kappa shape index (κ1) is 19.7. The van der Waals surface area contributed by atoms with Crippen molar-refractivity contribution < 1.29 is 4.74 Å². The lowest BCUT2D eigenvalue weighted by atomic mass is 10.1. The van der Waals surface area contributed by atoms with Crippen LogP contribution in [0.3, 0.4) is 0 Å². The van der Waals surface area contributed by atoms with Gasteiger partial charge < -0.3 is 19.5 Å². The first-order chi connectivity index (χ1) is 14.3. The average molecular weight is 397 g/mol. The van der Waals surface area contributed by atoms with Crippen LogP contribution in [-0.2, 0) is 19.5 Å². The average Bonchev–Trinajstić information content (AvgIpc) is 2.98. The third-order valence-electron chi connectivity index (χ3n) is 5.68. The number of benzene rings is 1. The van der Waals surface area contributed by atoms with Crippen molar-refractivity contribution in [1.82, 2.24) is 25.0 Å². The van der Waals surface area contributed by atoms with Gasteiger partial charge in [-0.2, -0.15) is 0 Å². The van der Waals surface area contributed by atoms with E-state index in [1.807, 2.05) is 30.3 Å². The number of nitrogens with one attached hydrogen (secondary N) is 1. The van der Waals surface area contributed by atoms with Crippen molar-refractivity contribution in [2.24, 2.45) is 4.99 Å². The fourth-order valence-corrected chi connectivity index (χ4v) is 4.11. The predicted molar refractivity (Wildman–Crippen MR) is 114 cm³/mol. The normalized spacial score (nSPS) is 18.2. The van der Waals surface area contributed by atoms with E-state index in [1.54, 1.807) is 0 Å². The summed E-state index contributed by atoms with van der Waals surface area (Å²) >= 11 is 0. The Labute approximate surface area is 173 Å². The smallest absolute Gasteiger partial charge is 0.194 e. The number of hydrogen-bond donors (Lipinski definition) is 1. The molecular formula is C22H32N6O. The lowest BCUT2D eigenvalue weighted by Gasteiger charge is -2.34. The van der Waals surface area contributed by atoms with Gasteiger partial charge in [-0.1, -0.05) is 24.6 Å². The fourth-order valence-electron chi connectivity index (χ4n) is 4.11. The zero-order chi connectivity index (χ0) is 19.9. The molecule has 0 amide bonds. The van der Waals surface area contributed by atoms with Crippen molar-refractivity contribution in [2.45, 2.75) is 64.6 Å². The Kier molecular flexibility index (Phi) is 6.64. The molecule has 2 aliphatic rings. The minimum absolute atomic E-state index is 0.267. The fraction of sp³-hybridized carbons (Fsp3) is 0.591. The van der Waals surface area contributed by atoms with Gasteiger partial charge in [0.1, 0.15) is 24.2 Å². The number of aryl methyl sites for hydroxylation is 1. The van der Waals surface area contributed by atoms with Gasteiger partial charge in [0.2, 0.25) is 0 Å².